The van der Waals surface area contributed by atoms with Gasteiger partial charge in [-0.2, -0.15) is 0 Å². The molecule has 2 rings (SSSR count). The van der Waals surface area contributed by atoms with Crippen LogP contribution < -0.4 is 0 Å². The van der Waals surface area contributed by atoms with Gasteiger partial charge in [-0.15, -0.1) is 0 Å². The molecule has 0 saturated carbocycles. The number of benzene rings is 2. The number of ether oxygens (including phenoxy) is 2. The second kappa shape index (κ2) is 11.1. The molecule has 1 N–H and O–H groups in total. The first-order valence-corrected chi connectivity index (χ1v) is 11.3. The molecule has 2 aromatic rings. The molecule has 1 atom stereocenters. The molecule has 0 amide bonds. The van der Waals surface area contributed by atoms with Crippen molar-refractivity contribution in [3.05, 3.63) is 71.3 Å². The lowest BCUT2D eigenvalue weighted by molar-refractivity contribution is -0.178. The summed E-state index contributed by atoms with van der Waals surface area (Å²) in [5.74, 6) is -3.85. The van der Waals surface area contributed by atoms with Crippen molar-refractivity contribution in [1.29, 1.82) is 0 Å². The van der Waals surface area contributed by atoms with Gasteiger partial charge in [0.1, 0.15) is 0 Å². The van der Waals surface area contributed by atoms with Crippen LogP contribution in [0.1, 0.15) is 63.6 Å². The van der Waals surface area contributed by atoms with E-state index in [-0.39, 0.29) is 25.0 Å². The zero-order valence-corrected chi connectivity index (χ0v) is 20.1. The van der Waals surface area contributed by atoms with E-state index in [1.165, 1.54) is 0 Å². The Balaban J connectivity index is 2.76. The van der Waals surface area contributed by atoms with Gasteiger partial charge in [0, 0.05) is 5.92 Å². The number of carbonyl (C=O) groups excluding carboxylic acids is 2. The summed E-state index contributed by atoms with van der Waals surface area (Å²) in [5.41, 5.74) is 0.506. The van der Waals surface area contributed by atoms with Gasteiger partial charge in [0.15, 0.2) is 5.41 Å². The van der Waals surface area contributed by atoms with Gasteiger partial charge in [0.05, 0.1) is 19.6 Å². The molecule has 0 aliphatic rings. The molecule has 33 heavy (non-hydrogen) atoms. The topological polar surface area (TPSA) is 89.9 Å². The fraction of sp³-hybridized carbons (Fsp3) is 0.444. The maximum absolute atomic E-state index is 13.4. The molecule has 0 bridgehead atoms. The Labute approximate surface area is 195 Å². The van der Waals surface area contributed by atoms with Gasteiger partial charge in [0.2, 0.25) is 0 Å². The fourth-order valence-corrected chi connectivity index (χ4v) is 4.04. The number of carboxylic acids is 1. The molecule has 6 heteroatoms. The minimum atomic E-state index is -2.03. The highest BCUT2D eigenvalue weighted by atomic mass is 16.6. The summed E-state index contributed by atoms with van der Waals surface area (Å²) < 4.78 is 10.6. The fourth-order valence-electron chi connectivity index (χ4n) is 4.04. The van der Waals surface area contributed by atoms with Gasteiger partial charge < -0.3 is 14.6 Å². The molecular weight excluding hydrogens is 420 g/mol. The Morgan fingerprint density at radius 2 is 1.36 bits per heavy atom. The molecule has 0 fully saturated rings. The maximum atomic E-state index is 13.4. The van der Waals surface area contributed by atoms with Crippen LogP contribution in [-0.2, 0) is 35.7 Å². The van der Waals surface area contributed by atoms with Crippen molar-refractivity contribution in [2.45, 2.75) is 58.8 Å². The zero-order valence-electron chi connectivity index (χ0n) is 20.1. The number of hydrogen-bond donors (Lipinski definition) is 1. The first kappa shape index (κ1) is 26.1. The van der Waals surface area contributed by atoms with E-state index < -0.39 is 35.7 Å². The predicted molar refractivity (Wildman–Crippen MR) is 126 cm³/mol. The van der Waals surface area contributed by atoms with Gasteiger partial charge >= 0.3 is 17.9 Å². The van der Waals surface area contributed by atoms with E-state index in [2.05, 4.69) is 20.8 Å². The lowest BCUT2D eigenvalue weighted by Crippen LogP contribution is -2.49. The van der Waals surface area contributed by atoms with Crippen LogP contribution in [0.5, 0.6) is 0 Å². The van der Waals surface area contributed by atoms with E-state index in [0.29, 0.717) is 5.56 Å². The highest BCUT2D eigenvalue weighted by Crippen LogP contribution is 2.44. The number of rotatable bonds is 10. The van der Waals surface area contributed by atoms with E-state index in [0.717, 1.165) is 11.1 Å². The Morgan fingerprint density at radius 3 is 1.79 bits per heavy atom. The lowest BCUT2D eigenvalue weighted by atomic mass is 9.67. The number of hydrogen-bond acceptors (Lipinski definition) is 5. The number of carboxylic acid groups (broad SMARTS) is 1. The van der Waals surface area contributed by atoms with E-state index in [1.807, 2.05) is 54.6 Å². The minimum absolute atomic E-state index is 0.0145. The van der Waals surface area contributed by atoms with Gasteiger partial charge in [-0.25, -0.2) is 0 Å². The molecule has 0 spiro atoms. The third-order valence-electron chi connectivity index (χ3n) is 5.77. The van der Waals surface area contributed by atoms with Crippen LogP contribution >= 0.6 is 0 Å². The number of aliphatic carboxylic acids is 1. The SMILES string of the molecule is CCOC(=O)C(CC(=O)O)(C(=O)OCC)C(Cc1ccccc1)c1ccc(C(C)(C)C)cc1. The van der Waals surface area contributed by atoms with Crippen molar-refractivity contribution in [3.8, 4) is 0 Å². The third kappa shape index (κ3) is 6.21. The van der Waals surface area contributed by atoms with E-state index in [4.69, 9.17) is 9.47 Å². The quantitative estimate of drug-likeness (QED) is 0.406. The molecule has 0 aromatic heterocycles. The summed E-state index contributed by atoms with van der Waals surface area (Å²) in [4.78, 5) is 38.7. The van der Waals surface area contributed by atoms with Gasteiger partial charge in [0.25, 0.3) is 0 Å². The van der Waals surface area contributed by atoms with Crippen LogP contribution in [0.25, 0.3) is 0 Å². The third-order valence-corrected chi connectivity index (χ3v) is 5.77. The van der Waals surface area contributed by atoms with Crippen LogP contribution in [0.4, 0.5) is 0 Å². The van der Waals surface area contributed by atoms with Crippen LogP contribution in [0.3, 0.4) is 0 Å². The van der Waals surface area contributed by atoms with Crippen LogP contribution in [0.15, 0.2) is 54.6 Å². The van der Waals surface area contributed by atoms with Gasteiger partial charge in [-0.1, -0.05) is 75.4 Å². The Kier molecular flexibility index (Phi) is 8.80. The lowest BCUT2D eigenvalue weighted by Gasteiger charge is -2.36. The number of carbonyl (C=O) groups is 3. The van der Waals surface area contributed by atoms with E-state index >= 15 is 0 Å². The summed E-state index contributed by atoms with van der Waals surface area (Å²) >= 11 is 0. The second-order valence-corrected chi connectivity index (χ2v) is 9.10. The van der Waals surface area contributed by atoms with Crippen molar-refractivity contribution >= 4 is 17.9 Å². The smallest absolute Gasteiger partial charge is 0.324 e. The largest absolute Gasteiger partial charge is 0.481 e. The molecule has 0 radical (unpaired) electrons. The Bertz CT molecular complexity index is 923. The molecule has 0 heterocycles. The highest BCUT2D eigenvalue weighted by Gasteiger charge is 2.56. The Hall–Kier alpha value is -3.15. The summed E-state index contributed by atoms with van der Waals surface area (Å²) in [5, 5.41) is 9.78. The monoisotopic (exact) mass is 454 g/mol. The average Bonchev–Trinajstić information content (AvgIpc) is 2.76. The van der Waals surface area contributed by atoms with Crippen LogP contribution in [0, 0.1) is 5.41 Å². The molecule has 0 saturated heterocycles. The zero-order chi connectivity index (χ0) is 24.6. The standard InChI is InChI=1S/C27H34O6/c1-6-32-24(30)27(18-23(28)29,25(31)33-7-2)22(17-19-11-9-8-10-12-19)20-13-15-21(16-14-20)26(3,4)5/h8-16,22H,6-7,17-18H2,1-5H3,(H,28,29). The molecular formula is C27H34O6. The average molecular weight is 455 g/mol. The Morgan fingerprint density at radius 1 is 0.848 bits per heavy atom. The first-order valence-electron chi connectivity index (χ1n) is 11.3. The normalized spacial score (nSPS) is 12.6. The van der Waals surface area contributed by atoms with Crippen molar-refractivity contribution in [3.63, 3.8) is 0 Å². The predicted octanol–water partition coefficient (Wildman–Crippen LogP) is 4.90. The molecule has 2 aromatic carbocycles. The molecule has 0 aliphatic heterocycles. The van der Waals surface area contributed by atoms with Gasteiger partial charge in [-0.3, -0.25) is 14.4 Å². The van der Waals surface area contributed by atoms with Crippen LogP contribution in [-0.4, -0.2) is 36.2 Å². The van der Waals surface area contributed by atoms with Gasteiger partial charge in [-0.05, 0) is 42.4 Å². The number of esters is 2. The maximum Gasteiger partial charge on any atom is 0.324 e. The molecule has 0 aliphatic carbocycles. The second-order valence-electron chi connectivity index (χ2n) is 9.10. The summed E-state index contributed by atoms with van der Waals surface area (Å²) in [6.07, 6.45) is -0.468. The van der Waals surface area contributed by atoms with Crippen molar-refractivity contribution < 1.29 is 29.0 Å². The summed E-state index contributed by atoms with van der Waals surface area (Å²) in [6, 6.07) is 17.0. The molecule has 178 valence electrons. The van der Waals surface area contributed by atoms with Crippen molar-refractivity contribution in [1.82, 2.24) is 0 Å². The summed E-state index contributed by atoms with van der Waals surface area (Å²) in [6.45, 7) is 9.55. The first-order chi connectivity index (χ1) is 15.6. The summed E-state index contributed by atoms with van der Waals surface area (Å²) in [7, 11) is 0. The molecule has 6 nitrogen and oxygen atoms in total. The van der Waals surface area contributed by atoms with Crippen molar-refractivity contribution in [2.24, 2.45) is 5.41 Å². The van der Waals surface area contributed by atoms with E-state index in [9.17, 15) is 19.5 Å². The van der Waals surface area contributed by atoms with Crippen LogP contribution in [0.2, 0.25) is 0 Å². The minimum Gasteiger partial charge on any atom is -0.481 e. The van der Waals surface area contributed by atoms with E-state index in [1.54, 1.807) is 13.8 Å². The van der Waals surface area contributed by atoms with Crippen molar-refractivity contribution in [2.75, 3.05) is 13.2 Å². The highest BCUT2D eigenvalue weighted by molar-refractivity contribution is 6.04. The molecule has 1 unspecified atom stereocenters.